The van der Waals surface area contributed by atoms with E-state index < -0.39 is 39.1 Å². The molecule has 12 heteroatoms. The SMILES string of the molecule is CC#CC#CC#CC#CC#CC#CC#CC(=O)OC[C@@H](COP(=O)([O-])[O-])OC(=O)CCCCCCC.S.[HH].[HH].[HH].[HH].[HH].[HH].[HH].[HH].[HH].[HH].[HH].[HH].[HH].[Na+].[Na+]. The molecule has 39 heavy (non-hydrogen) atoms. The third kappa shape index (κ3) is 34.3. The first-order chi connectivity index (χ1) is 17.3. The van der Waals surface area contributed by atoms with Crippen molar-refractivity contribution in [3.63, 3.8) is 0 Å². The third-order valence-corrected chi connectivity index (χ3v) is 4.04. The van der Waals surface area contributed by atoms with E-state index in [1.165, 1.54) is 0 Å². The van der Waals surface area contributed by atoms with E-state index in [4.69, 9.17) is 9.47 Å². The Kier molecular flexibility index (Phi) is 35.1. The number of phosphoric acid groups is 1. The second-order valence-electron chi connectivity index (χ2n) is 6.49. The molecule has 0 aliphatic heterocycles. The van der Waals surface area contributed by atoms with Gasteiger partial charge in [0.05, 0.1) is 14.4 Å². The van der Waals surface area contributed by atoms with Gasteiger partial charge in [0.25, 0.3) is 0 Å². The first kappa shape index (κ1) is 44.3. The Morgan fingerprint density at radius 1 is 0.795 bits per heavy atom. The molecule has 0 saturated carbocycles. The third-order valence-electron chi connectivity index (χ3n) is 3.58. The Labute approximate surface area is 301 Å². The molecule has 0 N–H and O–H groups in total. The van der Waals surface area contributed by atoms with Gasteiger partial charge in [-0.15, -0.1) is 0 Å². The molecule has 0 aromatic rings. The molecule has 0 spiro atoms. The minimum Gasteiger partial charge on any atom is -0.790 e. The maximum atomic E-state index is 11.9. The molecule has 8 nitrogen and oxygen atoms in total. The Balaban J connectivity index is -0.0000000510. The van der Waals surface area contributed by atoms with Crippen molar-refractivity contribution in [1.82, 2.24) is 0 Å². The van der Waals surface area contributed by atoms with Crippen LogP contribution in [0.15, 0.2) is 0 Å². The Bertz CT molecular complexity index is 1290. The molecule has 0 fully saturated rings. The van der Waals surface area contributed by atoms with E-state index >= 15 is 0 Å². The van der Waals surface area contributed by atoms with Gasteiger partial charge in [0, 0.05) is 30.9 Å². The standard InChI is InChI=1S/C27H25O8P.2Na.H2S.13H2/c1-3-5-7-9-10-11-12-13-14-15-16-18-19-21-26(28)33-23-25(24-34-36(30,31)32)35-27(29)22-20-17-8-6-4-2;;;;;;;;;;;;;;;;/h25H,4,6,8,17,20,22-24H2,1-2H3,(H2,30,31,32);;;1H2;13*1H/q;2*+1;;;;;;;;;;;;;;/p-2/t25-;;;;;;;;;;;;;;;;/m0................/s1. The van der Waals surface area contributed by atoms with Gasteiger partial charge < -0.3 is 28.3 Å². The predicted octanol–water partition coefficient (Wildman–Crippen LogP) is -1.99. The first-order valence-electron chi connectivity index (χ1n) is 10.7. The van der Waals surface area contributed by atoms with E-state index in [9.17, 15) is 23.9 Å². The van der Waals surface area contributed by atoms with Crippen LogP contribution in [0.25, 0.3) is 0 Å². The van der Waals surface area contributed by atoms with Crippen LogP contribution < -0.4 is 68.9 Å². The molecular weight excluding hydrogens is 561 g/mol. The average molecular weight is 613 g/mol. The summed E-state index contributed by atoms with van der Waals surface area (Å²) in [4.78, 5) is 45.0. The van der Waals surface area contributed by atoms with Crippen molar-refractivity contribution in [2.45, 2.75) is 58.5 Å². The number of carbonyl (C=O) groups is 2. The van der Waals surface area contributed by atoms with Crippen LogP contribution in [-0.2, 0) is 28.2 Å². The molecule has 0 heterocycles. The molecule has 0 aliphatic rings. The number of ether oxygens (including phenoxy) is 2. The fraction of sp³-hybridized carbons (Fsp3) is 0.407. The molecule has 0 aromatic heterocycles. The number of hydrogen-bond donors (Lipinski definition) is 0. The van der Waals surface area contributed by atoms with E-state index in [0.717, 1.165) is 25.7 Å². The molecule has 0 aromatic carbocycles. The molecule has 220 valence electrons. The normalized spacial score (nSPS) is 8.62. The molecule has 0 amide bonds. The Hall–Kier alpha value is -1.68. The van der Waals surface area contributed by atoms with Crippen molar-refractivity contribution >= 4 is 33.3 Å². The summed E-state index contributed by atoms with van der Waals surface area (Å²) < 4.78 is 24.7. The van der Waals surface area contributed by atoms with Gasteiger partial charge in [0.1, 0.15) is 6.61 Å². The van der Waals surface area contributed by atoms with Crippen LogP contribution in [0.5, 0.6) is 0 Å². The number of unbranched alkanes of at least 4 members (excludes halogenated alkanes) is 4. The van der Waals surface area contributed by atoms with Crippen LogP contribution in [0.2, 0.25) is 0 Å². The van der Waals surface area contributed by atoms with E-state index in [1.54, 1.807) is 6.92 Å². The molecule has 0 aliphatic carbocycles. The van der Waals surface area contributed by atoms with Gasteiger partial charge in [0.2, 0.25) is 0 Å². The monoisotopic (exact) mass is 612 g/mol. The summed E-state index contributed by atoms with van der Waals surface area (Å²) >= 11 is 0. The van der Waals surface area contributed by atoms with Crippen LogP contribution in [0.1, 0.15) is 70.9 Å². The topological polar surface area (TPSA) is 125 Å². The van der Waals surface area contributed by atoms with Crippen molar-refractivity contribution < 1.29 is 116 Å². The maximum Gasteiger partial charge on any atom is 1.00 e. The fourth-order valence-electron chi connectivity index (χ4n) is 2.07. The zero-order chi connectivity index (χ0) is 26.9. The van der Waals surface area contributed by atoms with Gasteiger partial charge in [-0.1, -0.05) is 38.5 Å². The number of rotatable bonds is 12. The molecule has 0 saturated heterocycles. The summed E-state index contributed by atoms with van der Waals surface area (Å²) in [6, 6.07) is 0. The minimum atomic E-state index is -5.31. The van der Waals surface area contributed by atoms with Crippen LogP contribution in [0.3, 0.4) is 0 Å². The largest absolute Gasteiger partial charge is 1.00 e. The zero-order valence-corrected chi connectivity index (χ0v) is 28.3. The van der Waals surface area contributed by atoms with E-state index in [1.807, 2.05) is 0 Å². The van der Waals surface area contributed by atoms with Crippen molar-refractivity contribution in [2.75, 3.05) is 13.2 Å². The van der Waals surface area contributed by atoms with Crippen LogP contribution in [-0.4, -0.2) is 31.3 Å². The van der Waals surface area contributed by atoms with E-state index in [0.29, 0.717) is 6.42 Å². The van der Waals surface area contributed by atoms with Crippen LogP contribution in [0.4, 0.5) is 0 Å². The van der Waals surface area contributed by atoms with Crippen molar-refractivity contribution in [3.8, 4) is 82.9 Å². The van der Waals surface area contributed by atoms with E-state index in [-0.39, 0.29) is 97.6 Å². The van der Waals surface area contributed by atoms with Gasteiger partial charge >= 0.3 is 71.1 Å². The molecule has 0 rings (SSSR count). The summed E-state index contributed by atoms with van der Waals surface area (Å²) in [6.45, 7) is 2.37. The Morgan fingerprint density at radius 2 is 1.28 bits per heavy atom. The maximum absolute atomic E-state index is 11.9. The zero-order valence-electron chi connectivity index (χ0n) is 22.4. The average Bonchev–Trinajstić information content (AvgIpc) is 2.83. The van der Waals surface area contributed by atoms with Gasteiger partial charge in [-0.05, 0) is 84.4 Å². The minimum absolute atomic E-state index is 0. The van der Waals surface area contributed by atoms with Crippen LogP contribution in [0, 0.1) is 82.9 Å². The second kappa shape index (κ2) is 30.9. The van der Waals surface area contributed by atoms with Crippen molar-refractivity contribution in [2.24, 2.45) is 0 Å². The van der Waals surface area contributed by atoms with Crippen molar-refractivity contribution in [1.29, 1.82) is 0 Å². The molecule has 0 unspecified atom stereocenters. The molecule has 0 radical (unpaired) electrons. The van der Waals surface area contributed by atoms with Crippen molar-refractivity contribution in [3.05, 3.63) is 0 Å². The fourth-order valence-corrected chi connectivity index (χ4v) is 2.42. The summed E-state index contributed by atoms with van der Waals surface area (Å²) in [7, 11) is -5.31. The number of esters is 2. The Morgan fingerprint density at radius 3 is 1.77 bits per heavy atom. The summed E-state index contributed by atoms with van der Waals surface area (Å²) in [5.74, 6) is 31.8. The molecule has 1 atom stereocenters. The van der Waals surface area contributed by atoms with Gasteiger partial charge in [0.15, 0.2) is 6.10 Å². The van der Waals surface area contributed by atoms with Gasteiger partial charge in [-0.3, -0.25) is 4.79 Å². The number of phosphoric ester groups is 1. The van der Waals surface area contributed by atoms with Gasteiger partial charge in [-0.25, -0.2) is 4.79 Å². The number of carbonyl (C=O) groups excluding carboxylic acids is 2. The summed E-state index contributed by atoms with van der Waals surface area (Å²) in [5.41, 5.74) is 0. The van der Waals surface area contributed by atoms with Gasteiger partial charge in [-0.2, -0.15) is 13.5 Å². The van der Waals surface area contributed by atoms with E-state index in [2.05, 4.69) is 94.3 Å². The summed E-state index contributed by atoms with van der Waals surface area (Å²) in [6.07, 6.45) is 3.30. The van der Waals surface area contributed by atoms with Crippen LogP contribution >= 0.6 is 21.3 Å². The smallest absolute Gasteiger partial charge is 0.790 e. The molecule has 0 bridgehead atoms. The first-order valence-corrected chi connectivity index (χ1v) is 12.2. The number of hydrogen-bond acceptors (Lipinski definition) is 8. The quantitative estimate of drug-likeness (QED) is 0.0620. The second-order valence-corrected chi connectivity index (χ2v) is 7.65. The molecular formula is C27H51Na2O8PS. The summed E-state index contributed by atoms with van der Waals surface area (Å²) in [5, 5.41) is 0. The predicted molar refractivity (Wildman–Crippen MR) is 166 cm³/mol.